The zero-order valence-corrected chi connectivity index (χ0v) is 12.0. The molecule has 1 aliphatic rings. The van der Waals surface area contributed by atoms with Gasteiger partial charge in [0, 0.05) is 18.3 Å². The first-order valence-corrected chi connectivity index (χ1v) is 7.30. The molecule has 1 aromatic rings. The summed E-state index contributed by atoms with van der Waals surface area (Å²) in [6.45, 7) is 8.42. The molecule has 2 N–H and O–H groups in total. The summed E-state index contributed by atoms with van der Waals surface area (Å²) in [5.74, 6) is 0.293. The SMILES string of the molecule is CCCN1CCC(NCc2nc(C)ccc2O)CC1. The third-order valence-electron chi connectivity index (χ3n) is 3.77. The van der Waals surface area contributed by atoms with E-state index in [0.29, 0.717) is 18.3 Å². The van der Waals surface area contributed by atoms with Crippen LogP contribution < -0.4 is 5.32 Å². The minimum absolute atomic E-state index is 0.293. The van der Waals surface area contributed by atoms with Crippen LogP contribution in [0, 0.1) is 6.92 Å². The van der Waals surface area contributed by atoms with Crippen LogP contribution in [0.5, 0.6) is 5.75 Å². The Kier molecular flexibility index (Phi) is 5.16. The number of piperidine rings is 1. The van der Waals surface area contributed by atoms with Crippen LogP contribution in [0.3, 0.4) is 0 Å². The summed E-state index contributed by atoms with van der Waals surface area (Å²) in [5, 5.41) is 13.3. The van der Waals surface area contributed by atoms with Gasteiger partial charge in [0.1, 0.15) is 5.75 Å². The standard InChI is InChI=1S/C15H25N3O/c1-3-8-18-9-6-13(7-10-18)16-11-14-15(19)5-4-12(2)17-14/h4-5,13,16,19H,3,6-11H2,1-2H3. The van der Waals surface area contributed by atoms with E-state index in [9.17, 15) is 5.11 Å². The van der Waals surface area contributed by atoms with E-state index in [-0.39, 0.29) is 0 Å². The van der Waals surface area contributed by atoms with Gasteiger partial charge in [-0.3, -0.25) is 4.98 Å². The molecule has 0 saturated carbocycles. The molecule has 2 rings (SSSR count). The first-order chi connectivity index (χ1) is 9.19. The molecule has 4 heteroatoms. The molecule has 1 fully saturated rings. The lowest BCUT2D eigenvalue weighted by Crippen LogP contribution is -2.42. The molecule has 1 saturated heterocycles. The quantitative estimate of drug-likeness (QED) is 0.853. The molecular formula is C15H25N3O. The molecule has 0 amide bonds. The maximum Gasteiger partial charge on any atom is 0.138 e. The highest BCUT2D eigenvalue weighted by Crippen LogP contribution is 2.16. The molecule has 0 radical (unpaired) electrons. The monoisotopic (exact) mass is 263 g/mol. The van der Waals surface area contributed by atoms with Gasteiger partial charge in [0.05, 0.1) is 5.69 Å². The smallest absolute Gasteiger partial charge is 0.138 e. The Morgan fingerprint density at radius 3 is 2.79 bits per heavy atom. The Hall–Kier alpha value is -1.13. The van der Waals surface area contributed by atoms with Crippen LogP contribution in [0.25, 0.3) is 0 Å². The Morgan fingerprint density at radius 1 is 1.37 bits per heavy atom. The second-order valence-electron chi connectivity index (χ2n) is 5.42. The molecule has 0 spiro atoms. The minimum atomic E-state index is 0.293. The Labute approximate surface area is 115 Å². The van der Waals surface area contributed by atoms with Crippen LogP contribution in [0.15, 0.2) is 12.1 Å². The topological polar surface area (TPSA) is 48.4 Å². The molecular weight excluding hydrogens is 238 g/mol. The van der Waals surface area contributed by atoms with Crippen molar-refractivity contribution >= 4 is 0 Å². The lowest BCUT2D eigenvalue weighted by Gasteiger charge is -2.32. The van der Waals surface area contributed by atoms with Gasteiger partial charge in [-0.2, -0.15) is 0 Å². The summed E-state index contributed by atoms with van der Waals surface area (Å²) in [4.78, 5) is 6.91. The number of hydrogen-bond acceptors (Lipinski definition) is 4. The lowest BCUT2D eigenvalue weighted by molar-refractivity contribution is 0.197. The van der Waals surface area contributed by atoms with Gasteiger partial charge < -0.3 is 15.3 Å². The number of aryl methyl sites for hydroxylation is 1. The van der Waals surface area contributed by atoms with Crippen LogP contribution in [-0.2, 0) is 6.54 Å². The average Bonchev–Trinajstić information content (AvgIpc) is 2.42. The van der Waals surface area contributed by atoms with Crippen LogP contribution in [0.4, 0.5) is 0 Å². The van der Waals surface area contributed by atoms with E-state index in [4.69, 9.17) is 0 Å². The predicted octanol–water partition coefficient (Wildman–Crippen LogP) is 2.06. The van der Waals surface area contributed by atoms with Crippen molar-refractivity contribution in [3.63, 3.8) is 0 Å². The number of rotatable bonds is 5. The van der Waals surface area contributed by atoms with E-state index in [1.165, 1.54) is 38.9 Å². The van der Waals surface area contributed by atoms with Gasteiger partial charge in [-0.15, -0.1) is 0 Å². The van der Waals surface area contributed by atoms with E-state index in [2.05, 4.69) is 22.1 Å². The second kappa shape index (κ2) is 6.87. The Bertz CT molecular complexity index is 400. The highest BCUT2D eigenvalue weighted by molar-refractivity contribution is 5.27. The van der Waals surface area contributed by atoms with Crippen molar-refractivity contribution in [1.82, 2.24) is 15.2 Å². The van der Waals surface area contributed by atoms with Gasteiger partial charge >= 0.3 is 0 Å². The van der Waals surface area contributed by atoms with E-state index >= 15 is 0 Å². The first kappa shape index (κ1) is 14.3. The van der Waals surface area contributed by atoms with Crippen molar-refractivity contribution < 1.29 is 5.11 Å². The normalized spacial score (nSPS) is 17.8. The number of likely N-dealkylation sites (tertiary alicyclic amines) is 1. The van der Waals surface area contributed by atoms with Crippen molar-refractivity contribution in [2.24, 2.45) is 0 Å². The fourth-order valence-electron chi connectivity index (χ4n) is 2.65. The highest BCUT2D eigenvalue weighted by atomic mass is 16.3. The molecule has 2 heterocycles. The summed E-state index contributed by atoms with van der Waals surface area (Å²) in [7, 11) is 0. The molecule has 0 unspecified atom stereocenters. The van der Waals surface area contributed by atoms with E-state index < -0.39 is 0 Å². The minimum Gasteiger partial charge on any atom is -0.506 e. The fourth-order valence-corrected chi connectivity index (χ4v) is 2.65. The zero-order chi connectivity index (χ0) is 13.7. The van der Waals surface area contributed by atoms with Crippen LogP contribution in [0.2, 0.25) is 0 Å². The van der Waals surface area contributed by atoms with Crippen molar-refractivity contribution in [1.29, 1.82) is 0 Å². The number of aromatic nitrogens is 1. The third-order valence-corrected chi connectivity index (χ3v) is 3.77. The van der Waals surface area contributed by atoms with Crippen molar-refractivity contribution in [2.45, 2.75) is 45.7 Å². The zero-order valence-electron chi connectivity index (χ0n) is 12.0. The summed E-state index contributed by atoms with van der Waals surface area (Å²) in [6, 6.07) is 4.11. The summed E-state index contributed by atoms with van der Waals surface area (Å²) >= 11 is 0. The van der Waals surface area contributed by atoms with Gasteiger partial charge in [0.2, 0.25) is 0 Å². The first-order valence-electron chi connectivity index (χ1n) is 7.30. The van der Waals surface area contributed by atoms with Crippen molar-refractivity contribution in [3.05, 3.63) is 23.5 Å². The van der Waals surface area contributed by atoms with Crippen LogP contribution >= 0.6 is 0 Å². The summed E-state index contributed by atoms with van der Waals surface area (Å²) < 4.78 is 0. The number of pyridine rings is 1. The van der Waals surface area contributed by atoms with E-state index in [0.717, 1.165) is 11.4 Å². The number of aromatic hydroxyl groups is 1. The molecule has 0 atom stereocenters. The Morgan fingerprint density at radius 2 is 2.11 bits per heavy atom. The molecule has 0 aliphatic carbocycles. The predicted molar refractivity (Wildman–Crippen MR) is 77.2 cm³/mol. The number of nitrogens with one attached hydrogen (secondary N) is 1. The Balaban J connectivity index is 1.79. The molecule has 1 aromatic heterocycles. The fraction of sp³-hybridized carbons (Fsp3) is 0.667. The highest BCUT2D eigenvalue weighted by Gasteiger charge is 2.18. The van der Waals surface area contributed by atoms with E-state index in [1.54, 1.807) is 6.07 Å². The van der Waals surface area contributed by atoms with Crippen molar-refractivity contribution in [3.8, 4) is 5.75 Å². The maximum atomic E-state index is 9.77. The van der Waals surface area contributed by atoms with E-state index in [1.807, 2.05) is 13.0 Å². The number of nitrogens with zero attached hydrogens (tertiary/aromatic N) is 2. The molecule has 19 heavy (non-hydrogen) atoms. The molecule has 1 aliphatic heterocycles. The molecule has 0 aromatic carbocycles. The van der Waals surface area contributed by atoms with Crippen LogP contribution in [0.1, 0.15) is 37.6 Å². The van der Waals surface area contributed by atoms with Gasteiger partial charge in [0.25, 0.3) is 0 Å². The number of hydrogen-bond donors (Lipinski definition) is 2. The van der Waals surface area contributed by atoms with Gasteiger partial charge in [0.15, 0.2) is 0 Å². The van der Waals surface area contributed by atoms with Gasteiger partial charge in [-0.05, 0) is 58.0 Å². The second-order valence-corrected chi connectivity index (χ2v) is 5.42. The average molecular weight is 263 g/mol. The molecule has 0 bridgehead atoms. The summed E-state index contributed by atoms with van der Waals surface area (Å²) in [5.41, 5.74) is 1.71. The lowest BCUT2D eigenvalue weighted by atomic mass is 10.0. The maximum absolute atomic E-state index is 9.77. The van der Waals surface area contributed by atoms with Crippen molar-refractivity contribution in [2.75, 3.05) is 19.6 Å². The summed E-state index contributed by atoms with van der Waals surface area (Å²) in [6.07, 6.45) is 3.61. The van der Waals surface area contributed by atoms with Crippen LogP contribution in [-0.4, -0.2) is 40.7 Å². The largest absolute Gasteiger partial charge is 0.506 e. The van der Waals surface area contributed by atoms with Gasteiger partial charge in [-0.25, -0.2) is 0 Å². The third kappa shape index (κ3) is 4.18. The van der Waals surface area contributed by atoms with Gasteiger partial charge in [-0.1, -0.05) is 6.92 Å². The molecule has 4 nitrogen and oxygen atoms in total. The molecule has 106 valence electrons.